The third kappa shape index (κ3) is 4.90. The van der Waals surface area contributed by atoms with E-state index in [0.717, 1.165) is 5.56 Å². The molecule has 0 radical (unpaired) electrons. The molecule has 112 valence electrons. The van der Waals surface area contributed by atoms with Crippen LogP contribution in [0.4, 0.5) is 0 Å². The molecule has 2 N–H and O–H groups in total. The third-order valence-corrected chi connectivity index (χ3v) is 2.90. The van der Waals surface area contributed by atoms with Crippen LogP contribution in [-0.2, 0) is 11.3 Å². The van der Waals surface area contributed by atoms with Gasteiger partial charge in [-0.3, -0.25) is 4.79 Å². The Labute approximate surface area is 124 Å². The van der Waals surface area contributed by atoms with Crippen molar-refractivity contribution < 1.29 is 14.3 Å². The molecule has 1 aromatic rings. The number of methoxy groups -OCH3 is 1. The van der Waals surface area contributed by atoms with Crippen LogP contribution < -0.4 is 20.1 Å². The van der Waals surface area contributed by atoms with E-state index in [1.807, 2.05) is 26.1 Å². The number of benzene rings is 1. The number of carbonyl (C=O) groups excluding carboxylic acids is 1. The van der Waals surface area contributed by atoms with Gasteiger partial charge in [0.2, 0.25) is 5.91 Å². The van der Waals surface area contributed by atoms with Crippen molar-refractivity contribution in [2.45, 2.75) is 19.9 Å². The second-order valence-corrected chi connectivity index (χ2v) is 4.60. The minimum atomic E-state index is -0.0469. The second kappa shape index (κ2) is 8.66. The number of hydrogen-bond acceptors (Lipinski definition) is 4. The molecule has 1 rings (SSSR count). The average molecular weight is 301 g/mol. The number of nitrogens with one attached hydrogen (secondary N) is 2. The Kier molecular flexibility index (Phi) is 7.18. The molecule has 0 atom stereocenters. The lowest BCUT2D eigenvalue weighted by Gasteiger charge is -2.14. The third-order valence-electron chi connectivity index (χ3n) is 2.62. The van der Waals surface area contributed by atoms with E-state index in [-0.39, 0.29) is 18.9 Å². The van der Waals surface area contributed by atoms with Crippen LogP contribution in [0.1, 0.15) is 18.9 Å². The Bertz CT molecular complexity index is 452. The topological polar surface area (TPSA) is 59.6 Å². The summed E-state index contributed by atoms with van der Waals surface area (Å²) in [7, 11) is 3.42. The van der Waals surface area contributed by atoms with Crippen LogP contribution in [0.25, 0.3) is 0 Å². The molecule has 0 bridgehead atoms. The van der Waals surface area contributed by atoms with E-state index < -0.39 is 0 Å². The predicted molar refractivity (Wildman–Crippen MR) is 79.6 cm³/mol. The number of ether oxygens (including phenoxy) is 2. The first-order chi connectivity index (χ1) is 9.62. The fraction of sp³-hybridized carbons (Fsp3) is 0.500. The van der Waals surface area contributed by atoms with E-state index in [0.29, 0.717) is 29.6 Å². The molecule has 5 nitrogen and oxygen atoms in total. The monoisotopic (exact) mass is 300 g/mol. The van der Waals surface area contributed by atoms with E-state index in [4.69, 9.17) is 21.1 Å². The molecule has 0 aliphatic carbocycles. The molecule has 6 heteroatoms. The number of hydrogen-bond donors (Lipinski definition) is 2. The fourth-order valence-corrected chi connectivity index (χ4v) is 2.04. The lowest BCUT2D eigenvalue weighted by molar-refractivity contribution is -0.121. The highest BCUT2D eigenvalue weighted by Gasteiger charge is 2.12. The van der Waals surface area contributed by atoms with Gasteiger partial charge in [0.1, 0.15) is 0 Å². The molecule has 0 heterocycles. The predicted octanol–water partition coefficient (Wildman–Crippen LogP) is 1.97. The van der Waals surface area contributed by atoms with Gasteiger partial charge < -0.3 is 20.1 Å². The van der Waals surface area contributed by atoms with Gasteiger partial charge in [-0.1, -0.05) is 11.6 Å². The Balaban J connectivity index is 2.71. The van der Waals surface area contributed by atoms with E-state index >= 15 is 0 Å². The van der Waals surface area contributed by atoms with Crippen molar-refractivity contribution in [2.75, 3.05) is 27.3 Å². The van der Waals surface area contributed by atoms with Gasteiger partial charge in [-0.15, -0.1) is 0 Å². The molecule has 0 fully saturated rings. The van der Waals surface area contributed by atoms with Crippen LogP contribution >= 0.6 is 11.6 Å². The Morgan fingerprint density at radius 2 is 2.15 bits per heavy atom. The molecule has 0 aromatic heterocycles. The first-order valence-electron chi connectivity index (χ1n) is 6.52. The zero-order valence-corrected chi connectivity index (χ0v) is 12.8. The standard InChI is InChI=1S/C14H21ClN2O3/c1-4-17-13(18)5-6-20-14-11(15)7-10(9-16-2)8-12(14)19-3/h7-8,16H,4-6,9H2,1-3H3,(H,17,18). The number of rotatable bonds is 8. The minimum absolute atomic E-state index is 0.0469. The van der Waals surface area contributed by atoms with Crippen LogP contribution in [0.15, 0.2) is 12.1 Å². The van der Waals surface area contributed by atoms with Gasteiger partial charge in [0.05, 0.1) is 25.2 Å². The van der Waals surface area contributed by atoms with E-state index in [1.54, 1.807) is 7.11 Å². The van der Waals surface area contributed by atoms with Gasteiger partial charge in [-0.2, -0.15) is 0 Å². The molecule has 20 heavy (non-hydrogen) atoms. The van der Waals surface area contributed by atoms with Crippen LogP contribution in [0.3, 0.4) is 0 Å². The van der Waals surface area contributed by atoms with Gasteiger partial charge in [0.25, 0.3) is 0 Å². The lowest BCUT2D eigenvalue weighted by atomic mass is 10.2. The van der Waals surface area contributed by atoms with Gasteiger partial charge >= 0.3 is 0 Å². The van der Waals surface area contributed by atoms with E-state index in [9.17, 15) is 4.79 Å². The quantitative estimate of drug-likeness (QED) is 0.771. The maximum Gasteiger partial charge on any atom is 0.223 e. The molecule has 0 saturated carbocycles. The number of halogens is 1. The van der Waals surface area contributed by atoms with E-state index in [1.165, 1.54) is 0 Å². The first-order valence-corrected chi connectivity index (χ1v) is 6.90. The second-order valence-electron chi connectivity index (χ2n) is 4.19. The van der Waals surface area contributed by atoms with Crippen molar-refractivity contribution in [3.63, 3.8) is 0 Å². The summed E-state index contributed by atoms with van der Waals surface area (Å²) in [5.74, 6) is 0.992. The van der Waals surface area contributed by atoms with Crippen LogP contribution in [0, 0.1) is 0 Å². The van der Waals surface area contributed by atoms with Gasteiger partial charge in [0.15, 0.2) is 11.5 Å². The van der Waals surface area contributed by atoms with Crippen molar-refractivity contribution in [1.29, 1.82) is 0 Å². The highest BCUT2D eigenvalue weighted by atomic mass is 35.5. The normalized spacial score (nSPS) is 10.2. The summed E-state index contributed by atoms with van der Waals surface area (Å²) in [5, 5.41) is 6.23. The molecule has 0 unspecified atom stereocenters. The Morgan fingerprint density at radius 1 is 1.40 bits per heavy atom. The molecular formula is C14H21ClN2O3. The van der Waals surface area contributed by atoms with Gasteiger partial charge in [-0.25, -0.2) is 0 Å². The van der Waals surface area contributed by atoms with Gasteiger partial charge in [-0.05, 0) is 31.7 Å². The average Bonchev–Trinajstić information content (AvgIpc) is 2.41. The van der Waals surface area contributed by atoms with Crippen molar-refractivity contribution in [1.82, 2.24) is 10.6 Å². The largest absolute Gasteiger partial charge is 0.493 e. The minimum Gasteiger partial charge on any atom is -0.493 e. The number of amides is 1. The summed E-state index contributed by atoms with van der Waals surface area (Å²) in [5.41, 5.74) is 1.01. The Hall–Kier alpha value is -1.46. The van der Waals surface area contributed by atoms with Crippen molar-refractivity contribution in [2.24, 2.45) is 0 Å². The summed E-state index contributed by atoms with van der Waals surface area (Å²) < 4.78 is 10.9. The van der Waals surface area contributed by atoms with Gasteiger partial charge in [0, 0.05) is 13.1 Å². The lowest BCUT2D eigenvalue weighted by Crippen LogP contribution is -2.24. The molecular weight excluding hydrogens is 280 g/mol. The highest BCUT2D eigenvalue weighted by molar-refractivity contribution is 6.32. The summed E-state index contributed by atoms with van der Waals surface area (Å²) in [6, 6.07) is 3.69. The Morgan fingerprint density at radius 3 is 2.75 bits per heavy atom. The summed E-state index contributed by atoms with van der Waals surface area (Å²) >= 11 is 6.19. The molecule has 0 aliphatic rings. The summed E-state index contributed by atoms with van der Waals surface area (Å²) in [6.07, 6.45) is 0.283. The zero-order chi connectivity index (χ0) is 15.0. The van der Waals surface area contributed by atoms with Crippen molar-refractivity contribution >= 4 is 17.5 Å². The molecule has 1 aromatic carbocycles. The highest BCUT2D eigenvalue weighted by Crippen LogP contribution is 2.36. The first kappa shape index (κ1) is 16.6. The number of carbonyl (C=O) groups is 1. The van der Waals surface area contributed by atoms with Crippen LogP contribution in [0.5, 0.6) is 11.5 Å². The maximum atomic E-state index is 11.3. The van der Waals surface area contributed by atoms with Crippen LogP contribution in [0.2, 0.25) is 5.02 Å². The summed E-state index contributed by atoms with van der Waals surface area (Å²) in [6.45, 7) is 3.43. The van der Waals surface area contributed by atoms with Crippen molar-refractivity contribution in [3.05, 3.63) is 22.7 Å². The fourth-order valence-electron chi connectivity index (χ4n) is 1.75. The smallest absolute Gasteiger partial charge is 0.223 e. The maximum absolute atomic E-state index is 11.3. The molecule has 0 spiro atoms. The zero-order valence-electron chi connectivity index (χ0n) is 12.1. The summed E-state index contributed by atoms with van der Waals surface area (Å²) in [4.78, 5) is 11.3. The molecule has 1 amide bonds. The molecule has 0 aliphatic heterocycles. The van der Waals surface area contributed by atoms with Crippen LogP contribution in [-0.4, -0.2) is 33.2 Å². The molecule has 0 saturated heterocycles. The van der Waals surface area contributed by atoms with E-state index in [2.05, 4.69) is 10.6 Å². The SMILES string of the molecule is CCNC(=O)CCOc1c(Cl)cc(CNC)cc1OC. The van der Waals surface area contributed by atoms with Crippen molar-refractivity contribution in [3.8, 4) is 11.5 Å².